The summed E-state index contributed by atoms with van der Waals surface area (Å²) in [5, 5.41) is 8.35. The van der Waals surface area contributed by atoms with Crippen molar-refractivity contribution in [3.8, 4) is 0 Å². The molecule has 0 aliphatic rings. The average molecular weight is 246 g/mol. The number of methoxy groups -OCH3 is 1. The summed E-state index contributed by atoms with van der Waals surface area (Å²) < 4.78 is 9.51. The van der Waals surface area contributed by atoms with E-state index in [0.29, 0.717) is 6.54 Å². The standard InChI is InChI=1S/C10H18N2O5/c1-5-7(13)8(12(3)6-2)9(16-4)17-10(14)11-15/h15H,5-6H2,1-4H3,(H,11,14)/b9-8-. The van der Waals surface area contributed by atoms with E-state index in [1.807, 2.05) is 6.92 Å². The van der Waals surface area contributed by atoms with Gasteiger partial charge in [0, 0.05) is 20.0 Å². The summed E-state index contributed by atoms with van der Waals surface area (Å²) in [5.74, 6) is -0.468. The third-order valence-electron chi connectivity index (χ3n) is 2.10. The molecule has 0 aromatic carbocycles. The van der Waals surface area contributed by atoms with Gasteiger partial charge in [0.05, 0.1) is 7.11 Å². The first-order valence-corrected chi connectivity index (χ1v) is 5.16. The number of carbonyl (C=O) groups is 2. The number of ketones is 1. The fourth-order valence-corrected chi connectivity index (χ4v) is 1.10. The number of hydrogen-bond acceptors (Lipinski definition) is 6. The molecule has 98 valence electrons. The number of nitrogens with one attached hydrogen (secondary N) is 1. The molecule has 0 saturated heterocycles. The minimum atomic E-state index is -1.12. The van der Waals surface area contributed by atoms with Crippen LogP contribution in [0.5, 0.6) is 0 Å². The first kappa shape index (κ1) is 15.2. The summed E-state index contributed by atoms with van der Waals surface area (Å²) in [6.07, 6.45) is -0.871. The maximum atomic E-state index is 11.7. The molecule has 0 aromatic heterocycles. The predicted molar refractivity (Wildman–Crippen MR) is 59.0 cm³/mol. The summed E-state index contributed by atoms with van der Waals surface area (Å²) in [5.41, 5.74) is 1.45. The van der Waals surface area contributed by atoms with E-state index in [4.69, 9.17) is 9.94 Å². The number of allylic oxidation sites excluding steroid dienone is 1. The Morgan fingerprint density at radius 3 is 2.29 bits per heavy atom. The molecule has 0 aliphatic heterocycles. The van der Waals surface area contributed by atoms with Crippen LogP contribution in [-0.4, -0.2) is 42.7 Å². The summed E-state index contributed by atoms with van der Waals surface area (Å²) in [6.45, 7) is 4.06. The molecule has 0 fully saturated rings. The quantitative estimate of drug-likeness (QED) is 0.312. The van der Waals surface area contributed by atoms with Crippen LogP contribution >= 0.6 is 0 Å². The van der Waals surface area contributed by atoms with E-state index >= 15 is 0 Å². The van der Waals surface area contributed by atoms with Gasteiger partial charge in [0.2, 0.25) is 0 Å². The van der Waals surface area contributed by atoms with Crippen LogP contribution in [0.2, 0.25) is 0 Å². The molecule has 0 bridgehead atoms. The molecule has 1 amide bonds. The van der Waals surface area contributed by atoms with Crippen LogP contribution in [0.1, 0.15) is 20.3 Å². The van der Waals surface area contributed by atoms with Crippen molar-refractivity contribution in [2.24, 2.45) is 0 Å². The minimum absolute atomic E-state index is 0.154. The minimum Gasteiger partial charge on any atom is -0.467 e. The number of ether oxygens (including phenoxy) is 2. The lowest BCUT2D eigenvalue weighted by Crippen LogP contribution is -2.28. The topological polar surface area (TPSA) is 88.1 Å². The van der Waals surface area contributed by atoms with E-state index in [2.05, 4.69) is 4.74 Å². The Labute approximate surface area is 99.9 Å². The smallest absolute Gasteiger partial charge is 0.439 e. The van der Waals surface area contributed by atoms with Crippen molar-refractivity contribution < 1.29 is 24.3 Å². The molecule has 0 aromatic rings. The van der Waals surface area contributed by atoms with Crippen LogP contribution in [0.4, 0.5) is 4.79 Å². The molecular formula is C10H18N2O5. The van der Waals surface area contributed by atoms with Crippen LogP contribution < -0.4 is 5.48 Å². The first-order valence-electron chi connectivity index (χ1n) is 5.16. The van der Waals surface area contributed by atoms with Gasteiger partial charge in [-0.15, -0.1) is 0 Å². The highest BCUT2D eigenvalue weighted by Crippen LogP contribution is 2.14. The van der Waals surface area contributed by atoms with E-state index in [1.165, 1.54) is 12.6 Å². The fourth-order valence-electron chi connectivity index (χ4n) is 1.10. The van der Waals surface area contributed by atoms with Crippen molar-refractivity contribution in [2.75, 3.05) is 20.7 Å². The molecule has 0 rings (SSSR count). The van der Waals surface area contributed by atoms with Gasteiger partial charge in [0.15, 0.2) is 11.5 Å². The zero-order valence-electron chi connectivity index (χ0n) is 10.4. The van der Waals surface area contributed by atoms with Crippen molar-refractivity contribution in [2.45, 2.75) is 20.3 Å². The van der Waals surface area contributed by atoms with Gasteiger partial charge in [-0.2, -0.15) is 0 Å². The van der Waals surface area contributed by atoms with E-state index in [9.17, 15) is 9.59 Å². The summed E-state index contributed by atoms with van der Waals surface area (Å²) in [4.78, 5) is 24.2. The van der Waals surface area contributed by atoms with Crippen molar-refractivity contribution in [1.29, 1.82) is 0 Å². The molecule has 0 saturated carbocycles. The molecule has 7 heteroatoms. The van der Waals surface area contributed by atoms with E-state index < -0.39 is 6.09 Å². The number of hydrogen-bond donors (Lipinski definition) is 2. The van der Waals surface area contributed by atoms with E-state index in [1.54, 1.807) is 18.9 Å². The SMILES string of the molecule is CCC(=O)/C(=C(\OC)OC(=O)NO)N(C)CC. The van der Waals surface area contributed by atoms with Crippen LogP contribution in [0.3, 0.4) is 0 Å². The van der Waals surface area contributed by atoms with Gasteiger partial charge < -0.3 is 14.4 Å². The fraction of sp³-hybridized carbons (Fsp3) is 0.600. The number of Topliss-reactive ketones (excluding diaryl/α,β-unsaturated/α-hetero) is 1. The molecule has 0 spiro atoms. The maximum Gasteiger partial charge on any atom is 0.439 e. The zero-order valence-corrected chi connectivity index (χ0v) is 10.4. The molecule has 0 heterocycles. The third-order valence-corrected chi connectivity index (χ3v) is 2.10. The van der Waals surface area contributed by atoms with Gasteiger partial charge in [-0.25, -0.2) is 10.3 Å². The molecule has 7 nitrogen and oxygen atoms in total. The molecular weight excluding hydrogens is 228 g/mol. The second-order valence-electron chi connectivity index (χ2n) is 3.13. The number of likely N-dealkylation sites (N-methyl/N-ethyl adjacent to an activating group) is 1. The predicted octanol–water partition coefficient (Wildman–Crippen LogP) is 0.848. The maximum absolute atomic E-state index is 11.7. The number of amides is 1. The van der Waals surface area contributed by atoms with Gasteiger partial charge in [-0.05, 0) is 6.92 Å². The zero-order chi connectivity index (χ0) is 13.4. The Kier molecular flexibility index (Phi) is 6.73. The van der Waals surface area contributed by atoms with Crippen LogP contribution in [0, 0.1) is 0 Å². The normalized spacial score (nSPS) is 11.4. The molecule has 0 radical (unpaired) electrons. The Morgan fingerprint density at radius 1 is 1.35 bits per heavy atom. The Morgan fingerprint density at radius 2 is 1.94 bits per heavy atom. The van der Waals surface area contributed by atoms with Gasteiger partial charge in [-0.3, -0.25) is 10.0 Å². The van der Waals surface area contributed by atoms with Gasteiger partial charge >= 0.3 is 12.0 Å². The second kappa shape index (κ2) is 7.50. The molecule has 0 atom stereocenters. The highest BCUT2D eigenvalue weighted by atomic mass is 16.7. The van der Waals surface area contributed by atoms with Crippen LogP contribution in [-0.2, 0) is 14.3 Å². The van der Waals surface area contributed by atoms with E-state index in [0.717, 1.165) is 0 Å². The molecule has 0 aliphatic carbocycles. The number of rotatable bonds is 6. The van der Waals surface area contributed by atoms with Crippen molar-refractivity contribution in [3.05, 3.63) is 11.6 Å². The van der Waals surface area contributed by atoms with Crippen molar-refractivity contribution in [3.63, 3.8) is 0 Å². The van der Waals surface area contributed by atoms with Crippen molar-refractivity contribution in [1.82, 2.24) is 10.4 Å². The highest BCUT2D eigenvalue weighted by molar-refractivity contribution is 5.95. The number of hydroxylamine groups is 1. The van der Waals surface area contributed by atoms with Gasteiger partial charge in [-0.1, -0.05) is 6.92 Å². The Hall–Kier alpha value is -1.76. The van der Waals surface area contributed by atoms with Crippen molar-refractivity contribution >= 4 is 11.9 Å². The summed E-state index contributed by atoms with van der Waals surface area (Å²) in [6, 6.07) is 0. The largest absolute Gasteiger partial charge is 0.467 e. The molecule has 0 unspecified atom stereocenters. The van der Waals surface area contributed by atoms with Gasteiger partial charge in [0.1, 0.15) is 0 Å². The lowest BCUT2D eigenvalue weighted by atomic mass is 10.2. The lowest BCUT2D eigenvalue weighted by molar-refractivity contribution is -0.117. The number of carbonyl (C=O) groups excluding carboxylic acids is 2. The molecule has 17 heavy (non-hydrogen) atoms. The molecule has 2 N–H and O–H groups in total. The first-order chi connectivity index (χ1) is 8.01. The summed E-state index contributed by atoms with van der Waals surface area (Å²) >= 11 is 0. The third kappa shape index (κ3) is 4.31. The van der Waals surface area contributed by atoms with Crippen LogP contribution in [0.15, 0.2) is 11.6 Å². The Balaban J connectivity index is 5.28. The number of nitrogens with zero attached hydrogens (tertiary/aromatic N) is 1. The summed E-state index contributed by atoms with van der Waals surface area (Å²) in [7, 11) is 2.94. The second-order valence-corrected chi connectivity index (χ2v) is 3.13. The van der Waals surface area contributed by atoms with Crippen LogP contribution in [0.25, 0.3) is 0 Å². The van der Waals surface area contributed by atoms with Gasteiger partial charge in [0.25, 0.3) is 0 Å². The monoisotopic (exact) mass is 246 g/mol. The lowest BCUT2D eigenvalue weighted by Gasteiger charge is -2.21. The average Bonchev–Trinajstić information content (AvgIpc) is 2.36. The highest BCUT2D eigenvalue weighted by Gasteiger charge is 2.22. The Bertz CT molecular complexity index is 314. The van der Waals surface area contributed by atoms with E-state index in [-0.39, 0.29) is 23.8 Å².